The van der Waals surface area contributed by atoms with Crippen molar-refractivity contribution in [3.8, 4) is 0 Å². The van der Waals surface area contributed by atoms with Crippen molar-refractivity contribution in [3.63, 3.8) is 0 Å². The third-order valence-electron chi connectivity index (χ3n) is 6.81. The van der Waals surface area contributed by atoms with Gasteiger partial charge < -0.3 is 26.3 Å². The van der Waals surface area contributed by atoms with E-state index in [1.54, 1.807) is 6.07 Å². The van der Waals surface area contributed by atoms with Gasteiger partial charge in [0, 0.05) is 32.6 Å². The largest absolute Gasteiger partial charge is 0.366 e. The van der Waals surface area contributed by atoms with Crippen molar-refractivity contribution < 1.29 is 9.59 Å². The quantitative estimate of drug-likeness (QED) is 0.594. The van der Waals surface area contributed by atoms with Crippen LogP contribution in [-0.4, -0.2) is 59.4 Å². The van der Waals surface area contributed by atoms with E-state index in [1.165, 1.54) is 0 Å². The number of piperazine rings is 1. The molecule has 5 N–H and O–H groups in total. The van der Waals surface area contributed by atoms with Crippen molar-refractivity contribution in [2.75, 3.05) is 32.7 Å². The van der Waals surface area contributed by atoms with E-state index >= 15 is 0 Å². The van der Waals surface area contributed by atoms with Gasteiger partial charge >= 0.3 is 0 Å². The Morgan fingerprint density at radius 3 is 2.86 bits per heavy atom. The van der Waals surface area contributed by atoms with Gasteiger partial charge in [-0.25, -0.2) is 4.98 Å². The number of primary amides is 1. The molecule has 4 fully saturated rings. The molecule has 2 bridgehead atoms. The first-order valence-corrected chi connectivity index (χ1v) is 10.1. The average molecular weight is 382 g/mol. The number of aromatic nitrogens is 2. The van der Waals surface area contributed by atoms with Gasteiger partial charge in [-0.1, -0.05) is 6.07 Å². The number of hydrogen-bond acceptors (Lipinski definition) is 5. The number of nitrogens with two attached hydrogens (primary N) is 1. The van der Waals surface area contributed by atoms with Crippen LogP contribution in [0.5, 0.6) is 0 Å². The van der Waals surface area contributed by atoms with Gasteiger partial charge in [0.2, 0.25) is 5.91 Å². The first-order chi connectivity index (χ1) is 13.6. The molecule has 8 nitrogen and oxygen atoms in total. The van der Waals surface area contributed by atoms with Crippen molar-refractivity contribution in [2.45, 2.75) is 24.8 Å². The molecule has 1 aromatic heterocycles. The average Bonchev–Trinajstić information content (AvgIpc) is 3.41. The molecule has 3 atom stereocenters. The second kappa shape index (κ2) is 6.56. The summed E-state index contributed by atoms with van der Waals surface area (Å²) < 4.78 is 0. The fourth-order valence-corrected chi connectivity index (χ4v) is 5.31. The molecule has 148 valence electrons. The van der Waals surface area contributed by atoms with Crippen molar-refractivity contribution in [3.05, 3.63) is 29.6 Å². The highest BCUT2D eigenvalue weighted by Gasteiger charge is 2.61. The minimum Gasteiger partial charge on any atom is -0.366 e. The van der Waals surface area contributed by atoms with Crippen molar-refractivity contribution in [2.24, 2.45) is 17.6 Å². The van der Waals surface area contributed by atoms with Crippen LogP contribution in [0.25, 0.3) is 11.0 Å². The number of para-hydroxylation sites is 1. The number of nitrogens with one attached hydrogen (secondary N) is 3. The van der Waals surface area contributed by atoms with Gasteiger partial charge in [-0.15, -0.1) is 0 Å². The minimum absolute atomic E-state index is 0.220. The van der Waals surface area contributed by atoms with Gasteiger partial charge in [0.25, 0.3) is 5.91 Å². The summed E-state index contributed by atoms with van der Waals surface area (Å²) in [6.45, 7) is 4.31. The summed E-state index contributed by atoms with van der Waals surface area (Å²) in [4.78, 5) is 34.5. The number of amides is 2. The summed E-state index contributed by atoms with van der Waals surface area (Å²) in [6.07, 6.45) is 2.46. The smallest absolute Gasteiger partial charge is 0.250 e. The zero-order valence-electron chi connectivity index (χ0n) is 15.8. The lowest BCUT2D eigenvalue weighted by molar-refractivity contribution is -0.132. The van der Waals surface area contributed by atoms with E-state index in [0.29, 0.717) is 29.3 Å². The summed E-state index contributed by atoms with van der Waals surface area (Å²) in [5.41, 5.74) is 7.19. The molecule has 3 aliphatic heterocycles. The molecule has 8 heteroatoms. The summed E-state index contributed by atoms with van der Waals surface area (Å²) >= 11 is 0. The van der Waals surface area contributed by atoms with Gasteiger partial charge in [0.15, 0.2) is 0 Å². The molecule has 6 rings (SSSR count). The number of fused-ring (bicyclic) bond motifs is 2. The normalized spacial score (nSPS) is 29.1. The van der Waals surface area contributed by atoms with Crippen LogP contribution in [0.2, 0.25) is 0 Å². The van der Waals surface area contributed by atoms with Crippen molar-refractivity contribution in [1.29, 1.82) is 0 Å². The van der Waals surface area contributed by atoms with Crippen molar-refractivity contribution in [1.82, 2.24) is 25.5 Å². The lowest BCUT2D eigenvalue weighted by Gasteiger charge is -2.45. The number of aromatic amines is 1. The Morgan fingerprint density at radius 2 is 2.11 bits per heavy atom. The Labute approximate surface area is 163 Å². The number of hydrogen-bond donors (Lipinski definition) is 4. The molecule has 4 aliphatic rings. The molecule has 3 saturated heterocycles. The molecule has 1 aliphatic carbocycles. The fraction of sp³-hybridized carbons (Fsp3) is 0.550. The Kier molecular flexibility index (Phi) is 4.13. The van der Waals surface area contributed by atoms with Crippen LogP contribution in [0.3, 0.4) is 0 Å². The van der Waals surface area contributed by atoms with Crippen molar-refractivity contribution >= 4 is 22.8 Å². The molecule has 28 heavy (non-hydrogen) atoms. The van der Waals surface area contributed by atoms with Gasteiger partial charge in [0.05, 0.1) is 16.6 Å². The monoisotopic (exact) mass is 382 g/mol. The van der Waals surface area contributed by atoms with Crippen LogP contribution in [0, 0.1) is 11.8 Å². The van der Waals surface area contributed by atoms with Gasteiger partial charge in [-0.2, -0.15) is 0 Å². The van der Waals surface area contributed by atoms with Crippen LogP contribution >= 0.6 is 0 Å². The number of rotatable bonds is 5. The number of carbonyl (C=O) groups is 2. The number of imidazole rings is 1. The molecule has 1 saturated carbocycles. The van der Waals surface area contributed by atoms with Gasteiger partial charge in [0.1, 0.15) is 11.3 Å². The lowest BCUT2D eigenvalue weighted by atomic mass is 9.61. The van der Waals surface area contributed by atoms with E-state index in [1.807, 2.05) is 17.0 Å². The second-order valence-corrected chi connectivity index (χ2v) is 8.24. The highest BCUT2D eigenvalue weighted by Crippen LogP contribution is 2.57. The van der Waals surface area contributed by atoms with Crippen LogP contribution < -0.4 is 16.4 Å². The minimum atomic E-state index is -0.467. The van der Waals surface area contributed by atoms with E-state index in [0.717, 1.165) is 56.9 Å². The maximum atomic E-state index is 12.6. The highest BCUT2D eigenvalue weighted by molar-refractivity contribution is 6.04. The van der Waals surface area contributed by atoms with E-state index in [2.05, 4.69) is 15.6 Å². The number of H-pyrrole nitrogens is 1. The second-order valence-electron chi connectivity index (χ2n) is 8.24. The number of nitrogens with zero attached hydrogens (tertiary/aromatic N) is 2. The number of benzene rings is 1. The molecule has 1 aromatic carbocycles. The SMILES string of the molecule is NC(=O)c1cccc2[nH]c(C34CC(CN3)C4CCC(=O)N3CCNCC3)nc12. The Hall–Kier alpha value is -2.45. The van der Waals surface area contributed by atoms with E-state index in [4.69, 9.17) is 10.7 Å². The zero-order chi connectivity index (χ0) is 19.3. The zero-order valence-corrected chi connectivity index (χ0v) is 15.8. The Balaban J connectivity index is 1.36. The molecule has 3 unspecified atom stereocenters. The fourth-order valence-electron chi connectivity index (χ4n) is 5.31. The topological polar surface area (TPSA) is 116 Å². The molecule has 2 aromatic rings. The summed E-state index contributed by atoms with van der Waals surface area (Å²) in [5, 5.41) is 6.93. The van der Waals surface area contributed by atoms with E-state index in [-0.39, 0.29) is 11.4 Å². The molecular weight excluding hydrogens is 356 g/mol. The highest BCUT2D eigenvalue weighted by atomic mass is 16.2. The summed E-state index contributed by atoms with van der Waals surface area (Å²) in [7, 11) is 0. The third kappa shape index (κ3) is 2.62. The first-order valence-electron chi connectivity index (χ1n) is 10.1. The summed E-state index contributed by atoms with van der Waals surface area (Å²) in [6, 6.07) is 5.45. The van der Waals surface area contributed by atoms with Gasteiger partial charge in [-0.3, -0.25) is 9.59 Å². The van der Waals surface area contributed by atoms with E-state index in [9.17, 15) is 9.59 Å². The predicted octanol–water partition coefficient (Wildman–Crippen LogP) is 0.308. The molecule has 0 spiro atoms. The first kappa shape index (κ1) is 17.6. The lowest BCUT2D eigenvalue weighted by Crippen LogP contribution is -2.51. The standard InChI is InChI=1S/C20H26N6O2/c21-18(28)13-2-1-3-15-17(13)25-19(24-15)20-10-12(11-23-20)14(20)4-5-16(27)26-8-6-22-7-9-26/h1-3,12,14,22-23H,4-11H2,(H2,21,28)(H,24,25). The maximum absolute atomic E-state index is 12.6. The molecular formula is C20H26N6O2. The molecule has 4 heterocycles. The third-order valence-corrected chi connectivity index (χ3v) is 6.81. The maximum Gasteiger partial charge on any atom is 0.250 e. The number of carbonyl (C=O) groups excluding carboxylic acids is 2. The predicted molar refractivity (Wildman–Crippen MR) is 105 cm³/mol. The van der Waals surface area contributed by atoms with E-state index < -0.39 is 5.91 Å². The molecule has 2 amide bonds. The van der Waals surface area contributed by atoms with Crippen LogP contribution in [-0.2, 0) is 10.3 Å². The Bertz CT molecular complexity index is 930. The Morgan fingerprint density at radius 1 is 1.29 bits per heavy atom. The summed E-state index contributed by atoms with van der Waals surface area (Å²) in [5.74, 6) is 1.62. The van der Waals surface area contributed by atoms with Crippen LogP contribution in [0.1, 0.15) is 35.4 Å². The van der Waals surface area contributed by atoms with Gasteiger partial charge in [-0.05, 0) is 43.4 Å². The van der Waals surface area contributed by atoms with Crippen LogP contribution in [0.15, 0.2) is 18.2 Å². The molecule has 0 radical (unpaired) electrons. The van der Waals surface area contributed by atoms with Crippen LogP contribution in [0.4, 0.5) is 0 Å².